The van der Waals surface area contributed by atoms with E-state index in [4.69, 9.17) is 16.3 Å². The standard InChI is InChI=1S/C7H8ClNO3/c8-2-6-5-1-4(10)3-9(5)7(11)12-6/h5-6H,1-3H2/t5-,6-/m1/s1. The maximum Gasteiger partial charge on any atom is 0.410 e. The molecule has 0 bridgehead atoms. The molecule has 0 spiro atoms. The maximum atomic E-state index is 11.1. The number of hydrogen-bond donors (Lipinski definition) is 0. The van der Waals surface area contributed by atoms with Crippen molar-refractivity contribution < 1.29 is 14.3 Å². The van der Waals surface area contributed by atoms with Crippen molar-refractivity contribution in [3.63, 3.8) is 0 Å². The number of Topliss-reactive ketones (excluding diaryl/α,β-unsaturated/α-hetero) is 1. The van der Waals surface area contributed by atoms with Crippen LogP contribution in [0, 0.1) is 0 Å². The van der Waals surface area contributed by atoms with Gasteiger partial charge in [-0.1, -0.05) is 0 Å². The van der Waals surface area contributed by atoms with Crippen LogP contribution >= 0.6 is 11.6 Å². The van der Waals surface area contributed by atoms with Crippen LogP contribution in [-0.4, -0.2) is 41.3 Å². The zero-order valence-electron chi connectivity index (χ0n) is 6.33. The highest BCUT2D eigenvalue weighted by atomic mass is 35.5. The first-order chi connectivity index (χ1) is 5.72. The van der Waals surface area contributed by atoms with Gasteiger partial charge in [-0.25, -0.2) is 4.79 Å². The Morgan fingerprint density at radius 2 is 2.33 bits per heavy atom. The number of amides is 1. The van der Waals surface area contributed by atoms with Crippen molar-refractivity contribution >= 4 is 23.5 Å². The molecule has 2 rings (SSSR count). The summed E-state index contributed by atoms with van der Waals surface area (Å²) in [5.74, 6) is 0.354. The SMILES string of the molecule is O=C1C[C@@H]2[C@@H](CCl)OC(=O)N2C1. The third kappa shape index (κ3) is 0.982. The van der Waals surface area contributed by atoms with Gasteiger partial charge in [0, 0.05) is 6.42 Å². The van der Waals surface area contributed by atoms with E-state index in [9.17, 15) is 9.59 Å². The predicted octanol–water partition coefficient (Wildman–Crippen LogP) is 0.387. The van der Waals surface area contributed by atoms with Crippen LogP contribution in [0.3, 0.4) is 0 Å². The van der Waals surface area contributed by atoms with Crippen molar-refractivity contribution in [3.05, 3.63) is 0 Å². The van der Waals surface area contributed by atoms with Gasteiger partial charge in [0.25, 0.3) is 0 Å². The highest BCUT2D eigenvalue weighted by molar-refractivity contribution is 6.18. The molecule has 2 aliphatic heterocycles. The van der Waals surface area contributed by atoms with Gasteiger partial charge in [0.05, 0.1) is 18.5 Å². The van der Waals surface area contributed by atoms with Crippen molar-refractivity contribution in [1.82, 2.24) is 4.90 Å². The molecule has 2 fully saturated rings. The Labute approximate surface area is 74.4 Å². The van der Waals surface area contributed by atoms with E-state index in [1.807, 2.05) is 0 Å². The van der Waals surface area contributed by atoms with Crippen molar-refractivity contribution in [3.8, 4) is 0 Å². The molecule has 0 N–H and O–H groups in total. The summed E-state index contributed by atoms with van der Waals surface area (Å²) >= 11 is 5.57. The van der Waals surface area contributed by atoms with Gasteiger partial charge >= 0.3 is 6.09 Å². The lowest BCUT2D eigenvalue weighted by atomic mass is 10.1. The number of ketones is 1. The minimum absolute atomic E-state index is 0.0896. The number of nitrogens with zero attached hydrogens (tertiary/aromatic N) is 1. The predicted molar refractivity (Wildman–Crippen MR) is 41.1 cm³/mol. The Morgan fingerprint density at radius 3 is 3.00 bits per heavy atom. The van der Waals surface area contributed by atoms with Gasteiger partial charge in [-0.2, -0.15) is 0 Å². The lowest BCUT2D eigenvalue weighted by Gasteiger charge is -2.11. The average Bonchev–Trinajstić information content (AvgIpc) is 2.52. The highest BCUT2D eigenvalue weighted by Gasteiger charge is 2.47. The molecule has 0 unspecified atom stereocenters. The van der Waals surface area contributed by atoms with E-state index in [2.05, 4.69) is 0 Å². The monoisotopic (exact) mass is 189 g/mol. The van der Waals surface area contributed by atoms with Crippen molar-refractivity contribution in [2.24, 2.45) is 0 Å². The molecule has 66 valence electrons. The van der Waals surface area contributed by atoms with Crippen LogP contribution in [0.4, 0.5) is 4.79 Å². The topological polar surface area (TPSA) is 46.6 Å². The number of halogens is 1. The number of carbonyl (C=O) groups excluding carboxylic acids is 2. The number of cyclic esters (lactones) is 1. The van der Waals surface area contributed by atoms with E-state index < -0.39 is 6.09 Å². The third-order valence-electron chi connectivity index (χ3n) is 2.25. The summed E-state index contributed by atoms with van der Waals surface area (Å²) in [5, 5.41) is 0. The lowest BCUT2D eigenvalue weighted by molar-refractivity contribution is -0.117. The van der Waals surface area contributed by atoms with E-state index in [1.165, 1.54) is 4.90 Å². The summed E-state index contributed by atoms with van der Waals surface area (Å²) in [7, 11) is 0. The van der Waals surface area contributed by atoms with Gasteiger partial charge in [0.15, 0.2) is 5.78 Å². The molecular weight excluding hydrogens is 182 g/mol. The van der Waals surface area contributed by atoms with Crippen LogP contribution < -0.4 is 0 Å². The minimum atomic E-state index is -0.406. The molecule has 2 heterocycles. The fourth-order valence-corrected chi connectivity index (χ4v) is 1.93. The normalized spacial score (nSPS) is 33.9. The number of ether oxygens (including phenoxy) is 1. The summed E-state index contributed by atoms with van der Waals surface area (Å²) in [6, 6.07) is -0.109. The van der Waals surface area contributed by atoms with Gasteiger partial charge in [-0.3, -0.25) is 9.69 Å². The molecule has 0 aromatic rings. The van der Waals surface area contributed by atoms with Gasteiger partial charge in [0.1, 0.15) is 6.10 Å². The van der Waals surface area contributed by atoms with Crippen LogP contribution in [0.1, 0.15) is 6.42 Å². The fourth-order valence-electron chi connectivity index (χ4n) is 1.66. The van der Waals surface area contributed by atoms with Crippen LogP contribution in [0.5, 0.6) is 0 Å². The van der Waals surface area contributed by atoms with Crippen LogP contribution in [0.2, 0.25) is 0 Å². The molecule has 0 aromatic carbocycles. The van der Waals surface area contributed by atoms with Gasteiger partial charge in [0.2, 0.25) is 0 Å². The molecular formula is C7H8ClNO3. The second-order valence-electron chi connectivity index (χ2n) is 3.01. The second-order valence-corrected chi connectivity index (χ2v) is 3.32. The van der Waals surface area contributed by atoms with Gasteiger partial charge in [-0.15, -0.1) is 11.6 Å². The molecule has 0 aliphatic carbocycles. The Hall–Kier alpha value is -0.770. The van der Waals surface area contributed by atoms with E-state index >= 15 is 0 Å². The summed E-state index contributed by atoms with van der Waals surface area (Å²) < 4.78 is 4.93. The fraction of sp³-hybridized carbons (Fsp3) is 0.714. The Bertz CT molecular complexity index is 243. The molecule has 0 aromatic heterocycles. The largest absolute Gasteiger partial charge is 0.443 e. The van der Waals surface area contributed by atoms with Crippen LogP contribution in [0.15, 0.2) is 0 Å². The summed E-state index contributed by atoms with van der Waals surface area (Å²) in [5.41, 5.74) is 0. The number of fused-ring (bicyclic) bond motifs is 1. The van der Waals surface area contributed by atoms with Crippen molar-refractivity contribution in [2.75, 3.05) is 12.4 Å². The quantitative estimate of drug-likeness (QED) is 0.561. The van der Waals surface area contributed by atoms with Gasteiger partial charge < -0.3 is 4.74 Å². The third-order valence-corrected chi connectivity index (χ3v) is 2.56. The smallest absolute Gasteiger partial charge is 0.410 e. The minimum Gasteiger partial charge on any atom is -0.443 e. The van der Waals surface area contributed by atoms with Gasteiger partial charge in [-0.05, 0) is 0 Å². The summed E-state index contributed by atoms with van der Waals surface area (Å²) in [6.45, 7) is 0.191. The zero-order valence-corrected chi connectivity index (χ0v) is 7.08. The maximum absolute atomic E-state index is 11.1. The molecule has 2 aliphatic rings. The first-order valence-corrected chi connectivity index (χ1v) is 4.30. The van der Waals surface area contributed by atoms with Crippen LogP contribution in [-0.2, 0) is 9.53 Å². The molecule has 1 amide bonds. The molecule has 12 heavy (non-hydrogen) atoms. The molecule has 5 heteroatoms. The van der Waals surface area contributed by atoms with E-state index in [-0.39, 0.29) is 30.4 Å². The molecule has 4 nitrogen and oxygen atoms in total. The van der Waals surface area contributed by atoms with Crippen molar-refractivity contribution in [1.29, 1.82) is 0 Å². The summed E-state index contributed by atoms with van der Waals surface area (Å²) in [6.07, 6.45) is -0.314. The molecule has 2 atom stereocenters. The first-order valence-electron chi connectivity index (χ1n) is 3.77. The summed E-state index contributed by atoms with van der Waals surface area (Å²) in [4.78, 5) is 23.5. The molecule has 2 saturated heterocycles. The lowest BCUT2D eigenvalue weighted by Crippen LogP contribution is -2.31. The number of rotatable bonds is 1. The number of carbonyl (C=O) groups is 2. The van der Waals surface area contributed by atoms with E-state index in [0.29, 0.717) is 6.42 Å². The van der Waals surface area contributed by atoms with Crippen LogP contribution in [0.25, 0.3) is 0 Å². The van der Waals surface area contributed by atoms with E-state index in [1.54, 1.807) is 0 Å². The average molecular weight is 190 g/mol. The number of alkyl halides is 1. The highest BCUT2D eigenvalue weighted by Crippen LogP contribution is 2.27. The Balaban J connectivity index is 2.18. The second kappa shape index (κ2) is 2.62. The Morgan fingerprint density at radius 1 is 1.58 bits per heavy atom. The Kier molecular flexibility index (Phi) is 1.72. The molecule has 0 radical (unpaired) electrons. The molecule has 0 saturated carbocycles. The number of hydrogen-bond acceptors (Lipinski definition) is 3. The van der Waals surface area contributed by atoms with Crippen molar-refractivity contribution in [2.45, 2.75) is 18.6 Å². The van der Waals surface area contributed by atoms with E-state index in [0.717, 1.165) is 0 Å². The first kappa shape index (κ1) is 7.86. The zero-order chi connectivity index (χ0) is 8.72.